The number of nitrogens with one attached hydrogen (secondary N) is 3. The number of aromatic amines is 1. The minimum atomic E-state index is -0.843. The summed E-state index contributed by atoms with van der Waals surface area (Å²) in [7, 11) is 0. The van der Waals surface area contributed by atoms with E-state index in [9.17, 15) is 19.5 Å². The lowest BCUT2D eigenvalue weighted by Gasteiger charge is -2.11. The fraction of sp³-hybridized carbons (Fsp3) is 0.0526. The van der Waals surface area contributed by atoms with Crippen LogP contribution in [0.2, 0.25) is 5.02 Å². The summed E-state index contributed by atoms with van der Waals surface area (Å²) < 4.78 is 0.899. The van der Waals surface area contributed by atoms with Crippen LogP contribution in [0.3, 0.4) is 0 Å². The number of carbonyl (C=O) groups is 1. The molecule has 0 spiro atoms. The molecule has 3 aromatic rings. The van der Waals surface area contributed by atoms with Gasteiger partial charge in [-0.15, -0.1) is 0 Å². The van der Waals surface area contributed by atoms with Gasteiger partial charge in [-0.05, 0) is 43.3 Å². The highest BCUT2D eigenvalue weighted by Crippen LogP contribution is 2.19. The predicted octanol–water partition coefficient (Wildman–Crippen LogP) is 2.43. The van der Waals surface area contributed by atoms with Crippen LogP contribution in [0, 0.1) is 0 Å². The van der Waals surface area contributed by atoms with Crippen LogP contribution in [0.15, 0.2) is 69.3 Å². The molecule has 0 unspecified atom stereocenters. The Hall–Kier alpha value is -3.85. The third-order valence-corrected chi connectivity index (χ3v) is 4.14. The van der Waals surface area contributed by atoms with Crippen LogP contribution >= 0.6 is 11.6 Å². The molecule has 0 aliphatic heterocycles. The molecule has 1 heterocycles. The van der Waals surface area contributed by atoms with E-state index in [0.717, 1.165) is 4.57 Å². The fourth-order valence-electron chi connectivity index (χ4n) is 2.55. The van der Waals surface area contributed by atoms with Crippen molar-refractivity contribution in [1.29, 1.82) is 0 Å². The van der Waals surface area contributed by atoms with E-state index in [2.05, 4.69) is 20.8 Å². The molecular weight excluding hydrogens is 398 g/mol. The molecule has 9 nitrogen and oxygen atoms in total. The van der Waals surface area contributed by atoms with Crippen LogP contribution in [0.5, 0.6) is 5.88 Å². The van der Waals surface area contributed by atoms with Crippen molar-refractivity contribution in [3.05, 3.63) is 86.0 Å². The minimum absolute atomic E-state index is 0.00493. The Balaban J connectivity index is 1.91. The molecule has 2 aromatic carbocycles. The number of hydrogen-bond donors (Lipinski definition) is 4. The van der Waals surface area contributed by atoms with Crippen LogP contribution in [0.4, 0.5) is 10.5 Å². The minimum Gasteiger partial charge on any atom is -0.493 e. The molecule has 4 N–H and O–H groups in total. The van der Waals surface area contributed by atoms with Gasteiger partial charge < -0.3 is 10.4 Å². The predicted molar refractivity (Wildman–Crippen MR) is 110 cm³/mol. The number of aromatic hydroxyl groups is 1. The van der Waals surface area contributed by atoms with E-state index < -0.39 is 23.2 Å². The molecule has 2 amide bonds. The summed E-state index contributed by atoms with van der Waals surface area (Å²) in [4.78, 5) is 38.5. The highest BCUT2D eigenvalue weighted by Gasteiger charge is 2.18. The van der Waals surface area contributed by atoms with Gasteiger partial charge in [0.2, 0.25) is 5.88 Å². The van der Waals surface area contributed by atoms with Gasteiger partial charge in [-0.3, -0.25) is 9.78 Å². The van der Waals surface area contributed by atoms with Gasteiger partial charge in [-0.25, -0.2) is 19.6 Å². The van der Waals surface area contributed by atoms with E-state index in [1.807, 2.05) is 0 Å². The Labute approximate surface area is 169 Å². The van der Waals surface area contributed by atoms with E-state index in [4.69, 9.17) is 11.6 Å². The molecule has 0 saturated heterocycles. The van der Waals surface area contributed by atoms with E-state index in [-0.39, 0.29) is 17.0 Å². The molecule has 0 bridgehead atoms. The van der Waals surface area contributed by atoms with Gasteiger partial charge in [-0.2, -0.15) is 5.10 Å². The smallest absolute Gasteiger partial charge is 0.339 e. The molecule has 148 valence electrons. The first-order valence-electron chi connectivity index (χ1n) is 8.38. The largest absolute Gasteiger partial charge is 0.493 e. The second kappa shape index (κ2) is 8.44. The highest BCUT2D eigenvalue weighted by molar-refractivity contribution is 6.30. The van der Waals surface area contributed by atoms with Crippen molar-refractivity contribution in [3.8, 4) is 11.6 Å². The number of H-pyrrole nitrogens is 1. The SMILES string of the molecule is CC(=NNC(=O)Nc1ccccc1)c1c(O)n(-c2ccc(Cl)cc2)c(=O)[nH]c1=O. The maximum atomic E-state index is 12.2. The summed E-state index contributed by atoms with van der Waals surface area (Å²) in [5.41, 5.74) is 1.13. The molecule has 0 radical (unpaired) electrons. The molecule has 10 heteroatoms. The molecule has 1 aromatic heterocycles. The summed E-state index contributed by atoms with van der Waals surface area (Å²) in [6, 6.07) is 14.1. The van der Waals surface area contributed by atoms with E-state index >= 15 is 0 Å². The lowest BCUT2D eigenvalue weighted by atomic mass is 10.2. The molecule has 3 rings (SSSR count). The zero-order valence-electron chi connectivity index (χ0n) is 15.1. The average Bonchev–Trinajstić information content (AvgIpc) is 2.68. The summed E-state index contributed by atoms with van der Waals surface area (Å²) in [5, 5.41) is 17.4. The normalized spacial score (nSPS) is 11.2. The molecular formula is C19H16ClN5O4. The standard InChI is InChI=1S/C19H16ClN5O4/c1-11(23-24-18(28)21-13-5-3-2-4-6-13)15-16(26)22-19(29)25(17(15)27)14-9-7-12(20)8-10-14/h2-10,27H,1H3,(H2,21,24,28)(H,22,26,29). The zero-order chi connectivity index (χ0) is 21.0. The van der Waals surface area contributed by atoms with Gasteiger partial charge in [0, 0.05) is 10.7 Å². The molecule has 0 fully saturated rings. The summed E-state index contributed by atoms with van der Waals surface area (Å²) >= 11 is 5.84. The summed E-state index contributed by atoms with van der Waals surface area (Å²) in [6.45, 7) is 1.41. The van der Waals surface area contributed by atoms with Crippen molar-refractivity contribution in [2.75, 3.05) is 5.32 Å². The quantitative estimate of drug-likeness (QED) is 0.386. The number of halogens is 1. The van der Waals surface area contributed by atoms with Gasteiger partial charge in [0.25, 0.3) is 5.56 Å². The van der Waals surface area contributed by atoms with Crippen LogP contribution in [-0.4, -0.2) is 26.4 Å². The number of urea groups is 1. The second-order valence-electron chi connectivity index (χ2n) is 5.90. The van der Waals surface area contributed by atoms with Crippen LogP contribution < -0.4 is 22.0 Å². The van der Waals surface area contributed by atoms with Crippen molar-refractivity contribution >= 4 is 29.0 Å². The number of hydrazone groups is 1. The maximum Gasteiger partial charge on any atom is 0.339 e. The Kier molecular flexibility index (Phi) is 5.79. The van der Waals surface area contributed by atoms with Crippen LogP contribution in [-0.2, 0) is 0 Å². The number of aromatic nitrogens is 2. The lowest BCUT2D eigenvalue weighted by Crippen LogP contribution is -2.33. The molecule has 0 aliphatic carbocycles. The van der Waals surface area contributed by atoms with E-state index in [1.54, 1.807) is 30.3 Å². The van der Waals surface area contributed by atoms with Crippen molar-refractivity contribution in [2.24, 2.45) is 5.10 Å². The molecule has 0 saturated carbocycles. The molecule has 29 heavy (non-hydrogen) atoms. The van der Waals surface area contributed by atoms with Crippen molar-refractivity contribution in [2.45, 2.75) is 6.92 Å². The Morgan fingerprint density at radius 3 is 2.41 bits per heavy atom. The number of anilines is 1. The van der Waals surface area contributed by atoms with Gasteiger partial charge in [0.1, 0.15) is 5.56 Å². The number of nitrogens with zero attached hydrogens (tertiary/aromatic N) is 2. The summed E-state index contributed by atoms with van der Waals surface area (Å²) in [5.74, 6) is -0.618. The highest BCUT2D eigenvalue weighted by atomic mass is 35.5. The third-order valence-electron chi connectivity index (χ3n) is 3.89. The van der Waals surface area contributed by atoms with Crippen LogP contribution in [0.1, 0.15) is 12.5 Å². The number of rotatable bonds is 4. The number of benzene rings is 2. The lowest BCUT2D eigenvalue weighted by molar-refractivity contribution is 0.252. The Morgan fingerprint density at radius 2 is 1.76 bits per heavy atom. The van der Waals surface area contributed by atoms with Gasteiger partial charge in [0.15, 0.2) is 0 Å². The maximum absolute atomic E-state index is 12.2. The van der Waals surface area contributed by atoms with Crippen LogP contribution in [0.25, 0.3) is 5.69 Å². The third kappa shape index (κ3) is 4.53. The molecule has 0 aliphatic rings. The van der Waals surface area contributed by atoms with Gasteiger partial charge in [-0.1, -0.05) is 29.8 Å². The number of amides is 2. The average molecular weight is 414 g/mol. The molecule has 0 atom stereocenters. The number of para-hydroxylation sites is 1. The Morgan fingerprint density at radius 1 is 1.10 bits per heavy atom. The number of carbonyl (C=O) groups excluding carboxylic acids is 1. The summed E-state index contributed by atoms with van der Waals surface area (Å²) in [6.07, 6.45) is 0. The first-order chi connectivity index (χ1) is 13.9. The number of hydrogen-bond acceptors (Lipinski definition) is 5. The first-order valence-corrected chi connectivity index (χ1v) is 8.75. The van der Waals surface area contributed by atoms with Crippen molar-refractivity contribution in [1.82, 2.24) is 15.0 Å². The fourth-order valence-corrected chi connectivity index (χ4v) is 2.68. The first kappa shape index (κ1) is 19.9. The van der Waals surface area contributed by atoms with Crippen molar-refractivity contribution < 1.29 is 9.90 Å². The monoisotopic (exact) mass is 413 g/mol. The van der Waals surface area contributed by atoms with Gasteiger partial charge >= 0.3 is 11.7 Å². The second-order valence-corrected chi connectivity index (χ2v) is 6.34. The Bertz CT molecular complexity index is 1180. The topological polar surface area (TPSA) is 129 Å². The van der Waals surface area contributed by atoms with Crippen molar-refractivity contribution in [3.63, 3.8) is 0 Å². The zero-order valence-corrected chi connectivity index (χ0v) is 15.9. The van der Waals surface area contributed by atoms with E-state index in [1.165, 1.54) is 31.2 Å². The van der Waals surface area contributed by atoms with Gasteiger partial charge in [0.05, 0.1) is 11.4 Å². The van der Waals surface area contributed by atoms with E-state index in [0.29, 0.717) is 10.7 Å².